The van der Waals surface area contributed by atoms with E-state index in [0.29, 0.717) is 6.61 Å². The van der Waals surface area contributed by atoms with E-state index < -0.39 is 8.32 Å². The molecule has 0 unspecified atom stereocenters. The Morgan fingerprint density at radius 3 is 2.57 bits per heavy atom. The standard InChI is InChI=1S/C18H26BrNO2Si/c1-13(12-21-23(5,6)18(2,3)4)22-16-10-14-9-15(19)7-8-17(14)20-11-16/h7-11,13H,12H2,1-6H3/t13-/m1/s1. The fourth-order valence-corrected chi connectivity index (χ4v) is 3.42. The number of nitrogens with zero attached hydrogens (tertiary/aromatic N) is 1. The molecule has 0 saturated carbocycles. The molecule has 1 atom stereocenters. The number of halogens is 1. The van der Waals surface area contributed by atoms with E-state index in [0.717, 1.165) is 21.1 Å². The monoisotopic (exact) mass is 395 g/mol. The van der Waals surface area contributed by atoms with Crippen molar-refractivity contribution in [2.45, 2.75) is 51.9 Å². The zero-order valence-corrected chi connectivity index (χ0v) is 17.4. The molecule has 0 aliphatic rings. The first-order valence-corrected chi connectivity index (χ1v) is 11.6. The van der Waals surface area contributed by atoms with Crippen LogP contribution < -0.4 is 4.74 Å². The van der Waals surface area contributed by atoms with Crippen LogP contribution in [0.1, 0.15) is 27.7 Å². The average molecular weight is 396 g/mol. The lowest BCUT2D eigenvalue weighted by Crippen LogP contribution is -2.43. The minimum atomic E-state index is -1.74. The van der Waals surface area contributed by atoms with Gasteiger partial charge in [-0.1, -0.05) is 36.7 Å². The summed E-state index contributed by atoms with van der Waals surface area (Å²) in [6, 6.07) is 8.06. The Kier molecular flexibility index (Phi) is 5.54. The maximum atomic E-state index is 6.22. The van der Waals surface area contributed by atoms with Crippen LogP contribution >= 0.6 is 15.9 Å². The summed E-state index contributed by atoms with van der Waals surface area (Å²) in [5.41, 5.74) is 0.964. The van der Waals surface area contributed by atoms with Crippen LogP contribution in [0, 0.1) is 0 Å². The van der Waals surface area contributed by atoms with Gasteiger partial charge in [-0.05, 0) is 49.3 Å². The highest BCUT2D eigenvalue weighted by atomic mass is 79.9. The lowest BCUT2D eigenvalue weighted by Gasteiger charge is -2.36. The van der Waals surface area contributed by atoms with Crippen molar-refractivity contribution in [3.63, 3.8) is 0 Å². The van der Waals surface area contributed by atoms with Gasteiger partial charge in [0.1, 0.15) is 11.9 Å². The molecule has 0 fully saturated rings. The van der Waals surface area contributed by atoms with Gasteiger partial charge in [-0.15, -0.1) is 0 Å². The molecule has 0 aliphatic heterocycles. The van der Waals surface area contributed by atoms with Crippen LogP contribution in [0.3, 0.4) is 0 Å². The number of hydrogen-bond donors (Lipinski definition) is 0. The van der Waals surface area contributed by atoms with E-state index in [2.05, 4.69) is 54.8 Å². The quantitative estimate of drug-likeness (QED) is 0.600. The summed E-state index contributed by atoms with van der Waals surface area (Å²) >= 11 is 3.49. The van der Waals surface area contributed by atoms with Gasteiger partial charge in [-0.25, -0.2) is 0 Å². The molecule has 0 amide bonds. The Balaban J connectivity index is 2.01. The number of rotatable bonds is 5. The lowest BCUT2D eigenvalue weighted by atomic mass is 10.2. The molecule has 2 rings (SSSR count). The van der Waals surface area contributed by atoms with Crippen molar-refractivity contribution in [2.75, 3.05) is 6.61 Å². The molecule has 2 aromatic rings. The molecule has 0 radical (unpaired) electrons. The van der Waals surface area contributed by atoms with E-state index in [1.807, 2.05) is 31.2 Å². The van der Waals surface area contributed by atoms with E-state index >= 15 is 0 Å². The summed E-state index contributed by atoms with van der Waals surface area (Å²) < 4.78 is 13.3. The first-order chi connectivity index (χ1) is 10.6. The van der Waals surface area contributed by atoms with Gasteiger partial charge in [0, 0.05) is 9.86 Å². The second kappa shape index (κ2) is 6.91. The first-order valence-electron chi connectivity index (χ1n) is 7.94. The molecule has 3 nitrogen and oxygen atoms in total. The molecule has 1 heterocycles. The third-order valence-electron chi connectivity index (χ3n) is 4.44. The Hall–Kier alpha value is -0.913. The fourth-order valence-electron chi connectivity index (χ4n) is 1.96. The van der Waals surface area contributed by atoms with Crippen molar-refractivity contribution >= 4 is 35.2 Å². The Labute approximate surface area is 148 Å². The van der Waals surface area contributed by atoms with Crippen LogP contribution in [0.25, 0.3) is 10.9 Å². The van der Waals surface area contributed by atoms with Crippen molar-refractivity contribution in [1.29, 1.82) is 0 Å². The summed E-state index contributed by atoms with van der Waals surface area (Å²) in [7, 11) is -1.74. The zero-order valence-electron chi connectivity index (χ0n) is 14.8. The molecular formula is C18H26BrNO2Si. The van der Waals surface area contributed by atoms with E-state index in [4.69, 9.17) is 9.16 Å². The maximum Gasteiger partial charge on any atom is 0.192 e. The van der Waals surface area contributed by atoms with E-state index in [-0.39, 0.29) is 11.1 Å². The molecule has 5 heteroatoms. The molecule has 0 saturated heterocycles. The van der Waals surface area contributed by atoms with E-state index in [9.17, 15) is 0 Å². The number of aromatic nitrogens is 1. The molecule has 23 heavy (non-hydrogen) atoms. The fraction of sp³-hybridized carbons (Fsp3) is 0.500. The Morgan fingerprint density at radius 2 is 1.91 bits per heavy atom. The van der Waals surface area contributed by atoms with Crippen LogP contribution in [0.15, 0.2) is 34.9 Å². The van der Waals surface area contributed by atoms with Crippen LogP contribution in [-0.2, 0) is 4.43 Å². The van der Waals surface area contributed by atoms with Crippen molar-refractivity contribution in [2.24, 2.45) is 0 Å². The predicted molar refractivity (Wildman–Crippen MR) is 103 cm³/mol. The van der Waals surface area contributed by atoms with Gasteiger partial charge in [0.15, 0.2) is 8.32 Å². The van der Waals surface area contributed by atoms with E-state index in [1.54, 1.807) is 6.20 Å². The molecule has 0 bridgehead atoms. The maximum absolute atomic E-state index is 6.22. The normalized spacial score (nSPS) is 14.0. The number of fused-ring (bicyclic) bond motifs is 1. The van der Waals surface area contributed by atoms with Gasteiger partial charge < -0.3 is 9.16 Å². The second-order valence-corrected chi connectivity index (χ2v) is 13.2. The number of benzene rings is 1. The van der Waals surface area contributed by atoms with Crippen molar-refractivity contribution in [1.82, 2.24) is 4.98 Å². The minimum Gasteiger partial charge on any atom is -0.487 e. The van der Waals surface area contributed by atoms with E-state index in [1.165, 1.54) is 0 Å². The van der Waals surface area contributed by atoms with Crippen molar-refractivity contribution in [3.05, 3.63) is 34.9 Å². The lowest BCUT2D eigenvalue weighted by molar-refractivity contribution is 0.134. The summed E-state index contributed by atoms with van der Waals surface area (Å²) in [5.74, 6) is 0.780. The summed E-state index contributed by atoms with van der Waals surface area (Å²) in [4.78, 5) is 4.45. The highest BCUT2D eigenvalue weighted by molar-refractivity contribution is 9.10. The molecule has 126 valence electrons. The highest BCUT2D eigenvalue weighted by Gasteiger charge is 2.37. The van der Waals surface area contributed by atoms with Gasteiger partial charge in [0.2, 0.25) is 0 Å². The zero-order chi connectivity index (χ0) is 17.3. The first kappa shape index (κ1) is 18.4. The largest absolute Gasteiger partial charge is 0.487 e. The molecule has 0 aliphatic carbocycles. The van der Waals surface area contributed by atoms with Crippen molar-refractivity contribution < 1.29 is 9.16 Å². The molecular weight excluding hydrogens is 370 g/mol. The average Bonchev–Trinajstić information content (AvgIpc) is 2.43. The molecule has 0 spiro atoms. The Bertz CT molecular complexity index is 682. The van der Waals surface area contributed by atoms with Gasteiger partial charge in [0.25, 0.3) is 0 Å². The van der Waals surface area contributed by atoms with Gasteiger partial charge >= 0.3 is 0 Å². The van der Waals surface area contributed by atoms with Crippen LogP contribution in [-0.4, -0.2) is 26.0 Å². The van der Waals surface area contributed by atoms with Crippen molar-refractivity contribution in [3.8, 4) is 5.75 Å². The number of hydrogen-bond acceptors (Lipinski definition) is 3. The summed E-state index contributed by atoms with van der Waals surface area (Å²) in [5, 5.41) is 1.28. The Morgan fingerprint density at radius 1 is 1.22 bits per heavy atom. The second-order valence-electron chi connectivity index (χ2n) is 7.51. The number of pyridine rings is 1. The molecule has 0 N–H and O–H groups in total. The highest BCUT2D eigenvalue weighted by Crippen LogP contribution is 2.36. The summed E-state index contributed by atoms with van der Waals surface area (Å²) in [6.45, 7) is 13.9. The SMILES string of the molecule is C[C@H](CO[Si](C)(C)C(C)(C)C)Oc1cnc2ccc(Br)cc2c1. The molecule has 1 aromatic heterocycles. The van der Waals surface area contributed by atoms with Crippen LogP contribution in [0.5, 0.6) is 5.75 Å². The third-order valence-corrected chi connectivity index (χ3v) is 9.43. The van der Waals surface area contributed by atoms with Gasteiger partial charge in [0.05, 0.1) is 18.3 Å². The smallest absolute Gasteiger partial charge is 0.192 e. The third kappa shape index (κ3) is 4.78. The van der Waals surface area contributed by atoms with Gasteiger partial charge in [-0.2, -0.15) is 0 Å². The number of ether oxygens (including phenoxy) is 1. The topological polar surface area (TPSA) is 31.4 Å². The molecule has 1 aromatic carbocycles. The van der Waals surface area contributed by atoms with Crippen LogP contribution in [0.4, 0.5) is 0 Å². The van der Waals surface area contributed by atoms with Crippen LogP contribution in [0.2, 0.25) is 18.1 Å². The predicted octanol–water partition coefficient (Wildman–Crippen LogP) is 5.79. The minimum absolute atomic E-state index is 0.00414. The van der Waals surface area contributed by atoms with Gasteiger partial charge in [-0.3, -0.25) is 4.98 Å². The summed E-state index contributed by atoms with van der Waals surface area (Å²) in [6.07, 6.45) is 1.77.